The molecule has 0 saturated heterocycles. The lowest BCUT2D eigenvalue weighted by molar-refractivity contribution is -0.130. The van der Waals surface area contributed by atoms with Crippen LogP contribution in [0, 0.1) is 20.8 Å². The van der Waals surface area contributed by atoms with E-state index < -0.39 is 0 Å². The fourth-order valence-electron chi connectivity index (χ4n) is 2.44. The largest absolute Gasteiger partial charge is 0.345 e. The highest BCUT2D eigenvalue weighted by Crippen LogP contribution is 2.17. The first-order valence-electron chi connectivity index (χ1n) is 7.22. The summed E-state index contributed by atoms with van der Waals surface area (Å²) in [5.74, 6) is 0.0936. The molecule has 2 rings (SSSR count). The van der Waals surface area contributed by atoms with Crippen molar-refractivity contribution in [3.63, 3.8) is 0 Å². The Morgan fingerprint density at radius 2 is 2.05 bits per heavy atom. The topological polar surface area (TPSA) is 66.1 Å². The van der Waals surface area contributed by atoms with Gasteiger partial charge in [0.05, 0.1) is 6.54 Å². The van der Waals surface area contributed by atoms with Crippen LogP contribution in [0.2, 0.25) is 0 Å². The first-order valence-corrected chi connectivity index (χ1v) is 8.04. The average Bonchev–Trinajstić information content (AvgIpc) is 2.82. The normalized spacial score (nSPS) is 10.7. The van der Waals surface area contributed by atoms with E-state index in [1.165, 1.54) is 9.75 Å². The van der Waals surface area contributed by atoms with E-state index in [1.807, 2.05) is 14.0 Å². The van der Waals surface area contributed by atoms with Crippen LogP contribution < -0.4 is 5.69 Å². The van der Waals surface area contributed by atoms with Crippen molar-refractivity contribution in [3.05, 3.63) is 49.3 Å². The minimum Gasteiger partial charge on any atom is -0.341 e. The molecule has 0 unspecified atom stereocenters. The van der Waals surface area contributed by atoms with E-state index in [4.69, 9.17) is 0 Å². The second-order valence-electron chi connectivity index (χ2n) is 5.49. The molecule has 0 radical (unpaired) electrons. The number of thiophene rings is 1. The molecule has 6 heteroatoms. The molecule has 0 fully saturated rings. The SMILES string of the molecule is Cc1ccc(CN(C)C(=O)CCc2c(C)nc(=O)[nH]c2C)s1. The fourth-order valence-corrected chi connectivity index (χ4v) is 3.38. The third-order valence-corrected chi connectivity index (χ3v) is 4.64. The van der Waals surface area contributed by atoms with E-state index in [0.717, 1.165) is 11.3 Å². The van der Waals surface area contributed by atoms with Crippen LogP contribution in [0.4, 0.5) is 0 Å². The summed E-state index contributed by atoms with van der Waals surface area (Å²) < 4.78 is 0. The van der Waals surface area contributed by atoms with Gasteiger partial charge in [0.2, 0.25) is 5.91 Å². The van der Waals surface area contributed by atoms with Crippen molar-refractivity contribution in [2.75, 3.05) is 7.05 Å². The maximum atomic E-state index is 12.3. The van der Waals surface area contributed by atoms with Gasteiger partial charge in [-0.25, -0.2) is 4.79 Å². The van der Waals surface area contributed by atoms with Crippen molar-refractivity contribution in [1.29, 1.82) is 0 Å². The number of hydrogen-bond acceptors (Lipinski definition) is 4. The van der Waals surface area contributed by atoms with E-state index in [-0.39, 0.29) is 11.6 Å². The molecule has 0 aliphatic heterocycles. The highest BCUT2D eigenvalue weighted by molar-refractivity contribution is 7.11. The predicted molar refractivity (Wildman–Crippen MR) is 88.2 cm³/mol. The zero-order chi connectivity index (χ0) is 16.3. The molecule has 0 spiro atoms. The van der Waals surface area contributed by atoms with E-state index in [2.05, 4.69) is 29.0 Å². The van der Waals surface area contributed by atoms with E-state index in [1.54, 1.807) is 23.2 Å². The van der Waals surface area contributed by atoms with Crippen LogP contribution in [-0.2, 0) is 17.8 Å². The number of hydrogen-bond donors (Lipinski definition) is 1. The summed E-state index contributed by atoms with van der Waals surface area (Å²) >= 11 is 1.71. The Bertz CT molecular complexity index is 707. The van der Waals surface area contributed by atoms with Crippen LogP contribution in [0.15, 0.2) is 16.9 Å². The van der Waals surface area contributed by atoms with Crippen molar-refractivity contribution < 1.29 is 4.79 Å². The van der Waals surface area contributed by atoms with Crippen molar-refractivity contribution in [2.45, 2.75) is 40.2 Å². The molecule has 0 aliphatic rings. The first kappa shape index (κ1) is 16.4. The molecular weight excluding hydrogens is 298 g/mol. The number of rotatable bonds is 5. The predicted octanol–water partition coefficient (Wildman–Crippen LogP) is 2.35. The van der Waals surface area contributed by atoms with Gasteiger partial charge in [-0.05, 0) is 44.9 Å². The number of amides is 1. The number of aromatic nitrogens is 2. The Morgan fingerprint density at radius 1 is 1.32 bits per heavy atom. The van der Waals surface area contributed by atoms with E-state index in [9.17, 15) is 9.59 Å². The second kappa shape index (κ2) is 6.87. The van der Waals surface area contributed by atoms with E-state index in [0.29, 0.717) is 25.1 Å². The molecule has 2 aromatic rings. The summed E-state index contributed by atoms with van der Waals surface area (Å²) in [7, 11) is 1.82. The lowest BCUT2D eigenvalue weighted by Crippen LogP contribution is -2.26. The summed E-state index contributed by atoms with van der Waals surface area (Å²) in [6.07, 6.45) is 1.00. The number of nitrogens with zero attached hydrogens (tertiary/aromatic N) is 2. The third-order valence-electron chi connectivity index (χ3n) is 3.66. The lowest BCUT2D eigenvalue weighted by atomic mass is 10.1. The quantitative estimate of drug-likeness (QED) is 0.920. The zero-order valence-corrected chi connectivity index (χ0v) is 14.2. The molecule has 5 nitrogen and oxygen atoms in total. The Hall–Kier alpha value is -1.95. The van der Waals surface area contributed by atoms with Gasteiger partial charge < -0.3 is 9.88 Å². The van der Waals surface area contributed by atoms with Gasteiger partial charge in [-0.15, -0.1) is 11.3 Å². The molecule has 1 amide bonds. The lowest BCUT2D eigenvalue weighted by Gasteiger charge is -2.17. The number of aryl methyl sites for hydroxylation is 3. The average molecular weight is 319 g/mol. The monoisotopic (exact) mass is 319 g/mol. The van der Waals surface area contributed by atoms with Crippen molar-refractivity contribution in [3.8, 4) is 0 Å². The maximum absolute atomic E-state index is 12.3. The van der Waals surface area contributed by atoms with Gasteiger partial charge in [-0.3, -0.25) is 4.79 Å². The van der Waals surface area contributed by atoms with Crippen LogP contribution in [-0.4, -0.2) is 27.8 Å². The van der Waals surface area contributed by atoms with Crippen molar-refractivity contribution in [1.82, 2.24) is 14.9 Å². The van der Waals surface area contributed by atoms with Crippen LogP contribution in [0.1, 0.15) is 33.1 Å². The van der Waals surface area contributed by atoms with Crippen molar-refractivity contribution in [2.24, 2.45) is 0 Å². The molecule has 0 saturated carbocycles. The first-order chi connectivity index (χ1) is 10.4. The zero-order valence-electron chi connectivity index (χ0n) is 13.4. The smallest absolute Gasteiger partial charge is 0.341 e. The van der Waals surface area contributed by atoms with Crippen molar-refractivity contribution >= 4 is 17.2 Å². The second-order valence-corrected chi connectivity index (χ2v) is 6.87. The Balaban J connectivity index is 1.96. The Morgan fingerprint density at radius 3 is 2.64 bits per heavy atom. The molecule has 2 heterocycles. The summed E-state index contributed by atoms with van der Waals surface area (Å²) in [5.41, 5.74) is 2.11. The Kier molecular flexibility index (Phi) is 5.13. The highest BCUT2D eigenvalue weighted by Gasteiger charge is 2.13. The third kappa shape index (κ3) is 4.04. The summed E-state index contributed by atoms with van der Waals surface area (Å²) in [6, 6.07) is 4.13. The molecule has 0 atom stereocenters. The molecular formula is C16H21N3O2S. The van der Waals surface area contributed by atoms with Gasteiger partial charge in [0.1, 0.15) is 0 Å². The molecule has 0 bridgehead atoms. The number of aromatic amines is 1. The molecule has 2 aromatic heterocycles. The Labute approximate surface area is 134 Å². The van der Waals surface area contributed by atoms with Gasteiger partial charge in [0.15, 0.2) is 0 Å². The van der Waals surface area contributed by atoms with Gasteiger partial charge in [0, 0.05) is 34.6 Å². The minimum atomic E-state index is -0.338. The van der Waals surface area contributed by atoms with Crippen LogP contribution in [0.25, 0.3) is 0 Å². The van der Waals surface area contributed by atoms with Crippen LogP contribution in [0.5, 0.6) is 0 Å². The fraction of sp³-hybridized carbons (Fsp3) is 0.438. The van der Waals surface area contributed by atoms with Gasteiger partial charge in [0.25, 0.3) is 0 Å². The molecule has 0 aromatic carbocycles. The number of H-pyrrole nitrogens is 1. The van der Waals surface area contributed by atoms with Crippen LogP contribution >= 0.6 is 11.3 Å². The number of carbonyl (C=O) groups excluding carboxylic acids is 1. The number of carbonyl (C=O) groups is 1. The maximum Gasteiger partial charge on any atom is 0.345 e. The summed E-state index contributed by atoms with van der Waals surface area (Å²) in [5, 5.41) is 0. The van der Waals surface area contributed by atoms with Crippen LogP contribution in [0.3, 0.4) is 0 Å². The molecule has 118 valence electrons. The minimum absolute atomic E-state index is 0.0936. The molecule has 22 heavy (non-hydrogen) atoms. The summed E-state index contributed by atoms with van der Waals surface area (Å²) in [4.78, 5) is 34.3. The number of nitrogens with one attached hydrogen (secondary N) is 1. The molecule has 1 N–H and O–H groups in total. The highest BCUT2D eigenvalue weighted by atomic mass is 32.1. The van der Waals surface area contributed by atoms with Gasteiger partial charge >= 0.3 is 5.69 Å². The van der Waals surface area contributed by atoms with Gasteiger partial charge in [-0.2, -0.15) is 4.98 Å². The van der Waals surface area contributed by atoms with E-state index >= 15 is 0 Å². The molecule has 0 aliphatic carbocycles. The van der Waals surface area contributed by atoms with Gasteiger partial charge in [-0.1, -0.05) is 0 Å². The standard InChI is InChI=1S/C16H21N3O2S/c1-10-5-6-13(22-10)9-19(4)15(20)8-7-14-11(2)17-16(21)18-12(14)3/h5-6H,7-9H2,1-4H3,(H,17,18,21). The summed E-state index contributed by atoms with van der Waals surface area (Å²) in [6.45, 7) is 6.35.